The molecule has 0 N–H and O–H groups in total. The summed E-state index contributed by atoms with van der Waals surface area (Å²) in [4.78, 5) is 12.9. The number of rotatable bonds is 12. The zero-order chi connectivity index (χ0) is 25.0. The van der Waals surface area contributed by atoms with Gasteiger partial charge in [0.25, 0.3) is 0 Å². The first-order chi connectivity index (χ1) is 17.1. The van der Waals surface area contributed by atoms with E-state index >= 15 is 0 Å². The van der Waals surface area contributed by atoms with Gasteiger partial charge in [0.2, 0.25) is 0 Å². The predicted octanol–water partition coefficient (Wildman–Crippen LogP) is 7.31. The number of oxime groups is 1. The van der Waals surface area contributed by atoms with E-state index in [4.69, 9.17) is 14.6 Å². The summed E-state index contributed by atoms with van der Waals surface area (Å²) >= 11 is 0. The lowest BCUT2D eigenvalue weighted by Crippen LogP contribution is -2.31. The third kappa shape index (κ3) is 7.12. The predicted molar refractivity (Wildman–Crippen MR) is 143 cm³/mol. The summed E-state index contributed by atoms with van der Waals surface area (Å²) in [5.74, 6) is 0.977. The van der Waals surface area contributed by atoms with Crippen LogP contribution in [0.25, 0.3) is 0 Å². The van der Waals surface area contributed by atoms with E-state index in [9.17, 15) is 4.39 Å². The fourth-order valence-corrected chi connectivity index (χ4v) is 4.08. The summed E-state index contributed by atoms with van der Waals surface area (Å²) in [6, 6.07) is 6.28. The Hall–Kier alpha value is -3.25. The van der Waals surface area contributed by atoms with E-state index in [0.717, 1.165) is 71.7 Å². The lowest BCUT2D eigenvalue weighted by molar-refractivity contribution is 0.111. The van der Waals surface area contributed by atoms with Crippen LogP contribution in [0.15, 0.2) is 89.0 Å². The maximum Gasteiger partial charge on any atom is 0.154 e. The molecule has 35 heavy (non-hydrogen) atoms. The maximum absolute atomic E-state index is 12.7. The molecular formula is C29H36FN3O2. The zero-order valence-electron chi connectivity index (χ0n) is 21.0. The van der Waals surface area contributed by atoms with E-state index in [-0.39, 0.29) is 6.10 Å². The Kier molecular flexibility index (Phi) is 10.2. The molecule has 1 atom stereocenters. The second-order valence-corrected chi connectivity index (χ2v) is 8.66. The molecular weight excluding hydrogens is 441 g/mol. The Morgan fingerprint density at radius 3 is 2.89 bits per heavy atom. The Balaban J connectivity index is 1.81. The van der Waals surface area contributed by atoms with Crippen LogP contribution < -0.4 is 0 Å². The van der Waals surface area contributed by atoms with Crippen molar-refractivity contribution >= 4 is 17.2 Å². The van der Waals surface area contributed by atoms with Gasteiger partial charge >= 0.3 is 0 Å². The molecule has 0 saturated heterocycles. The van der Waals surface area contributed by atoms with Gasteiger partial charge in [0.15, 0.2) is 6.10 Å². The van der Waals surface area contributed by atoms with Crippen molar-refractivity contribution in [2.24, 2.45) is 10.1 Å². The number of hydrogen-bond donors (Lipinski definition) is 0. The second kappa shape index (κ2) is 13.6. The monoisotopic (exact) mass is 477 g/mol. The van der Waals surface area contributed by atoms with Crippen LogP contribution >= 0.6 is 0 Å². The average Bonchev–Trinajstić information content (AvgIpc) is 3.37. The van der Waals surface area contributed by atoms with Gasteiger partial charge in [-0.1, -0.05) is 61.9 Å². The second-order valence-electron chi connectivity index (χ2n) is 8.66. The first-order valence-corrected chi connectivity index (χ1v) is 12.2. The van der Waals surface area contributed by atoms with Gasteiger partial charge in [-0.25, -0.2) is 9.38 Å². The normalized spacial score (nSPS) is 18.6. The number of hydrogen-bond acceptors (Lipinski definition) is 5. The molecule has 0 aliphatic carbocycles. The Labute approximate surface area is 208 Å². The van der Waals surface area contributed by atoms with Crippen LogP contribution in [0.3, 0.4) is 0 Å². The smallest absolute Gasteiger partial charge is 0.154 e. The van der Waals surface area contributed by atoms with Gasteiger partial charge < -0.3 is 14.5 Å². The average molecular weight is 478 g/mol. The minimum absolute atomic E-state index is 0.0688. The molecule has 0 saturated carbocycles. The molecule has 1 aromatic rings. The fraction of sp³-hybridized carbons (Fsp3) is 0.379. The van der Waals surface area contributed by atoms with Crippen molar-refractivity contribution in [1.29, 1.82) is 0 Å². The molecule has 0 spiro atoms. The third-order valence-electron chi connectivity index (χ3n) is 6.11. The largest absolute Gasteiger partial charge is 0.387 e. The molecule has 6 heteroatoms. The topological polar surface area (TPSA) is 46.4 Å². The Bertz CT molecular complexity index is 1070. The molecule has 2 heterocycles. The lowest BCUT2D eigenvalue weighted by Gasteiger charge is -2.31. The summed E-state index contributed by atoms with van der Waals surface area (Å²) < 4.78 is 17.7. The van der Waals surface area contributed by atoms with E-state index < -0.39 is 0 Å². The number of methoxy groups -OCH3 is 1. The van der Waals surface area contributed by atoms with Gasteiger partial charge in [0.1, 0.15) is 5.84 Å². The van der Waals surface area contributed by atoms with Gasteiger partial charge in [-0.15, -0.1) is 0 Å². The summed E-state index contributed by atoms with van der Waals surface area (Å²) in [6.45, 7) is 9.42. The standard InChI is InChI=1S/C29H36FN3O2/c1-5-7-8-14-29-31-26-19-23(15-16-24(26)21-33(29)25(6-2)13-11-17-30)27-20-28(35-32-27)22(3)12-9-10-18-34-4/h6,9-13,15-17,19,28H,2,5,7-8,14,18,20-21H2,1,3-4H3/b10-9-,17-11+,22-12+,25-13+. The van der Waals surface area contributed by atoms with Crippen LogP contribution in [0.4, 0.5) is 10.1 Å². The molecule has 0 bridgehead atoms. The molecule has 1 unspecified atom stereocenters. The van der Waals surface area contributed by atoms with E-state index in [1.165, 1.54) is 6.08 Å². The van der Waals surface area contributed by atoms with Crippen molar-refractivity contribution in [2.45, 2.75) is 58.6 Å². The number of allylic oxidation sites excluding steroid dienone is 5. The molecule has 0 fully saturated rings. The number of amidine groups is 1. The molecule has 0 aromatic heterocycles. The number of fused-ring (bicyclic) bond motifs is 1. The van der Waals surface area contributed by atoms with E-state index in [2.05, 4.69) is 48.7 Å². The highest BCUT2D eigenvalue weighted by Gasteiger charge is 2.26. The SMILES string of the molecule is C=C/C(=C\C=C\F)N1Cc2ccc(C3=NOC(/C(C)=C/C=C\COC)C3)cc2N=C1CCCCC. The highest BCUT2D eigenvalue weighted by molar-refractivity contribution is 6.02. The molecule has 2 aliphatic rings. The van der Waals surface area contributed by atoms with Crippen LogP contribution in [-0.2, 0) is 16.1 Å². The van der Waals surface area contributed by atoms with Crippen LogP contribution in [0.2, 0.25) is 0 Å². The number of nitrogens with zero attached hydrogens (tertiary/aromatic N) is 3. The van der Waals surface area contributed by atoms with Gasteiger partial charge in [0, 0.05) is 31.2 Å². The molecule has 5 nitrogen and oxygen atoms in total. The van der Waals surface area contributed by atoms with E-state index in [1.54, 1.807) is 19.3 Å². The summed E-state index contributed by atoms with van der Waals surface area (Å²) in [7, 11) is 1.68. The molecule has 0 radical (unpaired) electrons. The summed E-state index contributed by atoms with van der Waals surface area (Å²) in [6.07, 6.45) is 16.2. The van der Waals surface area contributed by atoms with Gasteiger partial charge in [-0.05, 0) is 48.8 Å². The van der Waals surface area contributed by atoms with Crippen molar-refractivity contribution in [3.8, 4) is 0 Å². The first-order valence-electron chi connectivity index (χ1n) is 12.2. The van der Waals surface area contributed by atoms with Crippen molar-refractivity contribution in [1.82, 2.24) is 4.90 Å². The molecule has 1 aromatic carbocycles. The van der Waals surface area contributed by atoms with E-state index in [1.807, 2.05) is 18.2 Å². The van der Waals surface area contributed by atoms with Crippen molar-refractivity contribution < 1.29 is 14.0 Å². The van der Waals surface area contributed by atoms with Crippen LogP contribution in [0, 0.1) is 0 Å². The number of benzene rings is 1. The van der Waals surface area contributed by atoms with Crippen LogP contribution in [0.5, 0.6) is 0 Å². The van der Waals surface area contributed by atoms with Crippen LogP contribution in [-0.4, -0.2) is 36.3 Å². The maximum atomic E-state index is 12.7. The molecule has 0 amide bonds. The first kappa shape index (κ1) is 26.4. The zero-order valence-corrected chi connectivity index (χ0v) is 21.0. The number of ether oxygens (including phenoxy) is 1. The van der Waals surface area contributed by atoms with Crippen molar-refractivity contribution in [3.05, 3.63) is 90.0 Å². The minimum atomic E-state index is -0.0688. The van der Waals surface area contributed by atoms with Gasteiger partial charge in [-0.3, -0.25) is 0 Å². The van der Waals surface area contributed by atoms with Gasteiger partial charge in [-0.2, -0.15) is 0 Å². The lowest BCUT2D eigenvalue weighted by atomic mass is 9.98. The number of halogens is 1. The number of aliphatic imine (C=N–C) groups is 1. The van der Waals surface area contributed by atoms with Crippen molar-refractivity contribution in [2.75, 3.05) is 13.7 Å². The van der Waals surface area contributed by atoms with Crippen LogP contribution in [0.1, 0.15) is 57.1 Å². The molecule has 3 rings (SSSR count). The highest BCUT2D eigenvalue weighted by atomic mass is 19.1. The van der Waals surface area contributed by atoms with E-state index in [0.29, 0.717) is 19.5 Å². The number of unbranched alkanes of at least 4 members (excludes halogenated alkanes) is 2. The van der Waals surface area contributed by atoms with Crippen molar-refractivity contribution in [3.63, 3.8) is 0 Å². The quantitative estimate of drug-likeness (QED) is 0.234. The van der Waals surface area contributed by atoms with Gasteiger partial charge in [0.05, 0.1) is 30.9 Å². The Morgan fingerprint density at radius 1 is 1.29 bits per heavy atom. The summed E-state index contributed by atoms with van der Waals surface area (Å²) in [5, 5.41) is 4.37. The third-order valence-corrected chi connectivity index (χ3v) is 6.11. The fourth-order valence-electron chi connectivity index (χ4n) is 4.08. The highest BCUT2D eigenvalue weighted by Crippen LogP contribution is 2.33. The molecule has 2 aliphatic heterocycles. The minimum Gasteiger partial charge on any atom is -0.387 e. The summed E-state index contributed by atoms with van der Waals surface area (Å²) in [5.41, 5.74) is 5.97. The Morgan fingerprint density at radius 2 is 2.14 bits per heavy atom. The molecule has 186 valence electrons.